The Bertz CT molecular complexity index is 1320. The lowest BCUT2D eigenvalue weighted by Gasteiger charge is -2.07. The molecule has 0 bridgehead atoms. The molecule has 0 fully saturated rings. The average Bonchev–Trinajstić information content (AvgIpc) is 2.96. The first-order valence-electron chi connectivity index (χ1n) is 8.95. The van der Waals surface area contributed by atoms with Gasteiger partial charge in [0.05, 0.1) is 16.3 Å². The molecule has 1 amide bonds. The smallest absolute Gasteiger partial charge is 0.295 e. The summed E-state index contributed by atoms with van der Waals surface area (Å²) >= 11 is 6.04. The van der Waals surface area contributed by atoms with E-state index >= 15 is 0 Å². The van der Waals surface area contributed by atoms with E-state index < -0.39 is 16.4 Å². The minimum Gasteiger partial charge on any atom is -0.315 e. The van der Waals surface area contributed by atoms with Crippen molar-refractivity contribution in [2.75, 3.05) is 5.32 Å². The molecule has 9 nitrogen and oxygen atoms in total. The Labute approximate surface area is 181 Å². The molecule has 2 aromatic carbocycles. The number of aromatic nitrogens is 2. The van der Waals surface area contributed by atoms with E-state index in [2.05, 4.69) is 5.32 Å². The Hall–Kier alpha value is -4.16. The molecule has 0 aliphatic carbocycles. The van der Waals surface area contributed by atoms with Crippen molar-refractivity contribution in [3.63, 3.8) is 0 Å². The van der Waals surface area contributed by atoms with Gasteiger partial charge in [0.2, 0.25) is 0 Å². The molecule has 10 heteroatoms. The van der Waals surface area contributed by atoms with Crippen molar-refractivity contribution >= 4 is 35.0 Å². The third-order valence-corrected chi connectivity index (χ3v) is 4.99. The summed E-state index contributed by atoms with van der Waals surface area (Å²) in [5, 5.41) is 23.0. The van der Waals surface area contributed by atoms with Gasteiger partial charge in [-0.2, -0.15) is 5.26 Å². The van der Waals surface area contributed by atoms with Crippen molar-refractivity contribution < 1.29 is 9.72 Å². The molecule has 0 saturated carbocycles. The van der Waals surface area contributed by atoms with Crippen molar-refractivity contribution in [2.24, 2.45) is 7.05 Å². The van der Waals surface area contributed by atoms with Gasteiger partial charge in [0.1, 0.15) is 17.3 Å². The van der Waals surface area contributed by atoms with E-state index in [0.29, 0.717) is 11.4 Å². The zero-order chi connectivity index (χ0) is 22.7. The highest BCUT2D eigenvalue weighted by Crippen LogP contribution is 2.24. The Morgan fingerprint density at radius 1 is 1.26 bits per heavy atom. The number of amides is 1. The van der Waals surface area contributed by atoms with Crippen molar-refractivity contribution in [1.82, 2.24) is 9.36 Å². The topological polar surface area (TPSA) is 123 Å². The van der Waals surface area contributed by atoms with Crippen molar-refractivity contribution in [2.45, 2.75) is 6.92 Å². The van der Waals surface area contributed by atoms with Crippen LogP contribution in [0.3, 0.4) is 0 Å². The molecule has 1 heterocycles. The first-order chi connectivity index (χ1) is 14.7. The molecule has 0 aliphatic heterocycles. The van der Waals surface area contributed by atoms with Crippen LogP contribution in [0.4, 0.5) is 11.4 Å². The third-order valence-electron chi connectivity index (χ3n) is 4.65. The lowest BCUT2D eigenvalue weighted by molar-refractivity contribution is -0.384. The van der Waals surface area contributed by atoms with Crippen LogP contribution in [0.25, 0.3) is 11.8 Å². The van der Waals surface area contributed by atoms with Crippen LogP contribution in [0.5, 0.6) is 0 Å². The van der Waals surface area contributed by atoms with Crippen LogP contribution in [0.1, 0.15) is 11.3 Å². The summed E-state index contributed by atoms with van der Waals surface area (Å²) < 4.78 is 2.97. The van der Waals surface area contributed by atoms with Gasteiger partial charge in [-0.3, -0.25) is 24.4 Å². The van der Waals surface area contributed by atoms with Gasteiger partial charge in [0.25, 0.3) is 17.2 Å². The molecule has 0 unspecified atom stereocenters. The first-order valence-corrected chi connectivity index (χ1v) is 9.33. The number of nitrogens with zero attached hydrogens (tertiary/aromatic N) is 4. The van der Waals surface area contributed by atoms with Crippen molar-refractivity contribution in [3.8, 4) is 11.8 Å². The van der Waals surface area contributed by atoms with Gasteiger partial charge in [-0.25, -0.2) is 4.68 Å². The number of anilines is 1. The fourth-order valence-electron chi connectivity index (χ4n) is 2.95. The van der Waals surface area contributed by atoms with Crippen LogP contribution in [0.2, 0.25) is 5.02 Å². The average molecular weight is 438 g/mol. The van der Waals surface area contributed by atoms with Crippen LogP contribution < -0.4 is 10.9 Å². The molecule has 0 atom stereocenters. The third kappa shape index (κ3) is 4.24. The number of benzene rings is 2. The second-order valence-corrected chi connectivity index (χ2v) is 6.93. The highest BCUT2D eigenvalue weighted by molar-refractivity contribution is 6.32. The highest BCUT2D eigenvalue weighted by Gasteiger charge is 2.20. The van der Waals surface area contributed by atoms with E-state index in [9.17, 15) is 25.0 Å². The standard InChI is InChI=1S/C21H16ClN5O4/c1-13-19(21(29)26(25(13)2)16-6-4-3-5-7-16)24-20(28)15(12-23)10-14-11-17(27(30)31)8-9-18(14)22/h3-11H,1-2H3,(H,24,28)/b15-10+. The maximum atomic E-state index is 12.9. The number of hydrogen-bond acceptors (Lipinski definition) is 5. The number of rotatable bonds is 5. The number of carbonyl (C=O) groups excluding carboxylic acids is 1. The molecule has 1 aromatic heterocycles. The SMILES string of the molecule is Cc1c(NC(=O)/C(C#N)=C/c2cc([N+](=O)[O-])ccc2Cl)c(=O)n(-c2ccccc2)n1C. The van der Waals surface area contributed by atoms with E-state index in [1.54, 1.807) is 49.0 Å². The normalized spacial score (nSPS) is 11.1. The Morgan fingerprint density at radius 2 is 1.94 bits per heavy atom. The molecular weight excluding hydrogens is 422 g/mol. The van der Waals surface area contributed by atoms with Gasteiger partial charge in [-0.05, 0) is 31.2 Å². The van der Waals surface area contributed by atoms with Crippen molar-refractivity contribution in [3.05, 3.63) is 90.9 Å². The number of para-hydroxylation sites is 1. The van der Waals surface area contributed by atoms with Gasteiger partial charge in [-0.15, -0.1) is 0 Å². The first kappa shape index (κ1) is 21.5. The number of nitro benzene ring substituents is 1. The summed E-state index contributed by atoms with van der Waals surface area (Å²) in [6, 6.07) is 14.3. The number of carbonyl (C=O) groups is 1. The van der Waals surface area contributed by atoms with E-state index in [1.807, 2.05) is 6.07 Å². The molecule has 0 aliphatic rings. The molecule has 0 spiro atoms. The number of hydrogen-bond donors (Lipinski definition) is 1. The quantitative estimate of drug-likeness (QED) is 0.283. The summed E-state index contributed by atoms with van der Waals surface area (Å²) in [5.74, 6) is -0.837. The number of non-ortho nitro benzene ring substituents is 1. The van der Waals surface area contributed by atoms with Crippen molar-refractivity contribution in [1.29, 1.82) is 5.26 Å². The lowest BCUT2D eigenvalue weighted by Crippen LogP contribution is -2.23. The maximum Gasteiger partial charge on any atom is 0.295 e. The Morgan fingerprint density at radius 3 is 2.55 bits per heavy atom. The summed E-state index contributed by atoms with van der Waals surface area (Å²) in [4.78, 5) is 36.0. The Balaban J connectivity index is 1.99. The zero-order valence-electron chi connectivity index (χ0n) is 16.5. The number of nitrogens with one attached hydrogen (secondary N) is 1. The Kier molecular flexibility index (Phi) is 6.04. The van der Waals surface area contributed by atoms with Gasteiger partial charge >= 0.3 is 0 Å². The molecule has 3 aromatic rings. The van der Waals surface area contributed by atoms with Crippen LogP contribution in [0, 0.1) is 28.4 Å². The van der Waals surface area contributed by atoms with Gasteiger partial charge in [0.15, 0.2) is 0 Å². The molecule has 31 heavy (non-hydrogen) atoms. The van der Waals surface area contributed by atoms with Gasteiger partial charge < -0.3 is 5.32 Å². The second-order valence-electron chi connectivity index (χ2n) is 6.52. The second kappa shape index (κ2) is 8.69. The van der Waals surface area contributed by atoms with Crippen LogP contribution in [0.15, 0.2) is 58.9 Å². The number of halogens is 1. The number of nitro groups is 1. The van der Waals surface area contributed by atoms with Gasteiger partial charge in [-0.1, -0.05) is 29.8 Å². The predicted molar refractivity (Wildman–Crippen MR) is 116 cm³/mol. The van der Waals surface area contributed by atoms with Crippen LogP contribution in [-0.4, -0.2) is 20.2 Å². The van der Waals surface area contributed by atoms with E-state index in [1.165, 1.54) is 16.8 Å². The fourth-order valence-corrected chi connectivity index (χ4v) is 3.12. The predicted octanol–water partition coefficient (Wildman–Crippen LogP) is 3.59. The monoisotopic (exact) mass is 437 g/mol. The maximum absolute atomic E-state index is 12.9. The number of nitriles is 1. The largest absolute Gasteiger partial charge is 0.315 e. The van der Waals surface area contributed by atoms with Gasteiger partial charge in [0, 0.05) is 29.8 Å². The fraction of sp³-hybridized carbons (Fsp3) is 0.0952. The van der Waals surface area contributed by atoms with E-state index in [-0.39, 0.29) is 27.5 Å². The van der Waals surface area contributed by atoms with Crippen LogP contribution in [-0.2, 0) is 11.8 Å². The minimum atomic E-state index is -0.837. The summed E-state index contributed by atoms with van der Waals surface area (Å²) in [6.45, 7) is 1.66. The molecule has 1 N–H and O–H groups in total. The zero-order valence-corrected chi connectivity index (χ0v) is 17.3. The summed E-state index contributed by atoms with van der Waals surface area (Å²) in [6.07, 6.45) is 1.14. The molecular formula is C21H16ClN5O4. The molecule has 0 radical (unpaired) electrons. The molecule has 3 rings (SSSR count). The highest BCUT2D eigenvalue weighted by atomic mass is 35.5. The minimum absolute atomic E-state index is 0.0163. The molecule has 156 valence electrons. The van der Waals surface area contributed by atoms with E-state index in [4.69, 9.17) is 11.6 Å². The summed E-state index contributed by atoms with van der Waals surface area (Å²) in [5.41, 5.74) is 0.169. The molecule has 0 saturated heterocycles. The van der Waals surface area contributed by atoms with E-state index in [0.717, 1.165) is 12.1 Å². The lowest BCUT2D eigenvalue weighted by atomic mass is 10.1. The summed E-state index contributed by atoms with van der Waals surface area (Å²) in [7, 11) is 1.67. The van der Waals surface area contributed by atoms with Crippen LogP contribution >= 0.6 is 11.6 Å².